The zero-order valence-corrected chi connectivity index (χ0v) is 14.3. The van der Waals surface area contributed by atoms with Crippen molar-refractivity contribution in [1.29, 1.82) is 5.41 Å². The minimum absolute atomic E-state index is 0.0111. The molecule has 1 aliphatic rings. The smallest absolute Gasteiger partial charge is 0.306 e. The van der Waals surface area contributed by atoms with E-state index in [0.717, 1.165) is 5.57 Å². The lowest BCUT2D eigenvalue weighted by molar-refractivity contribution is -0.147. The summed E-state index contributed by atoms with van der Waals surface area (Å²) in [5, 5.41) is 7.56. The fourth-order valence-electron chi connectivity index (χ4n) is 3.16. The highest BCUT2D eigenvalue weighted by atomic mass is 16.5. The zero-order chi connectivity index (χ0) is 17.6. The quantitative estimate of drug-likeness (QED) is 0.277. The van der Waals surface area contributed by atoms with E-state index in [1.807, 2.05) is 13.8 Å². The molecular formula is C18H25NO4. The molecule has 0 radical (unpaired) electrons. The first-order valence-corrected chi connectivity index (χ1v) is 7.56. The second kappa shape index (κ2) is 7.90. The van der Waals surface area contributed by atoms with E-state index in [2.05, 4.69) is 6.58 Å². The molecule has 0 aromatic rings. The van der Waals surface area contributed by atoms with Crippen LogP contribution in [-0.4, -0.2) is 31.9 Å². The number of ether oxygens (including phenoxy) is 2. The highest BCUT2D eigenvalue weighted by Crippen LogP contribution is 2.47. The number of ketones is 1. The number of hydrogen-bond acceptors (Lipinski definition) is 5. The van der Waals surface area contributed by atoms with Crippen LogP contribution in [0.25, 0.3) is 0 Å². The molecule has 0 amide bonds. The van der Waals surface area contributed by atoms with Crippen molar-refractivity contribution in [3.05, 3.63) is 36.0 Å². The lowest BCUT2D eigenvalue weighted by Crippen LogP contribution is -2.42. The van der Waals surface area contributed by atoms with Gasteiger partial charge in [-0.15, -0.1) is 0 Å². The van der Waals surface area contributed by atoms with Gasteiger partial charge in [0.2, 0.25) is 5.90 Å². The van der Waals surface area contributed by atoms with Crippen molar-refractivity contribution in [1.82, 2.24) is 0 Å². The molecule has 0 aromatic carbocycles. The Bertz CT molecular complexity index is 574. The van der Waals surface area contributed by atoms with Crippen molar-refractivity contribution in [2.24, 2.45) is 11.3 Å². The van der Waals surface area contributed by atoms with E-state index in [4.69, 9.17) is 14.9 Å². The van der Waals surface area contributed by atoms with Crippen molar-refractivity contribution in [2.75, 3.05) is 14.2 Å². The molecule has 1 aliphatic carbocycles. The molecule has 0 saturated heterocycles. The van der Waals surface area contributed by atoms with Crippen molar-refractivity contribution in [2.45, 2.75) is 33.1 Å². The van der Waals surface area contributed by atoms with Gasteiger partial charge in [-0.1, -0.05) is 31.2 Å². The van der Waals surface area contributed by atoms with Gasteiger partial charge in [-0.05, 0) is 31.4 Å². The van der Waals surface area contributed by atoms with E-state index < -0.39 is 11.4 Å². The molecule has 0 unspecified atom stereocenters. The number of rotatable bonds is 5. The SMILES string of the molecule is C=C1C[C@@H](C)C(=O)[C@@](CC(=O)OC)(C(/C=C\C(=N)OC)=C\C)C1. The van der Waals surface area contributed by atoms with Crippen molar-refractivity contribution in [3.8, 4) is 0 Å². The molecular weight excluding hydrogens is 294 g/mol. The molecule has 0 heterocycles. The fourth-order valence-corrected chi connectivity index (χ4v) is 3.16. The number of allylic oxidation sites excluding steroid dienone is 4. The van der Waals surface area contributed by atoms with Crippen LogP contribution in [0.1, 0.15) is 33.1 Å². The zero-order valence-electron chi connectivity index (χ0n) is 14.3. The predicted octanol–water partition coefficient (Wildman–Crippen LogP) is 3.22. The summed E-state index contributed by atoms with van der Waals surface area (Å²) in [6, 6.07) is 0. The lowest BCUT2D eigenvalue weighted by Gasteiger charge is -2.40. The van der Waals surface area contributed by atoms with E-state index in [1.54, 1.807) is 12.2 Å². The Kier molecular flexibility index (Phi) is 6.49. The van der Waals surface area contributed by atoms with Crippen LogP contribution in [0.5, 0.6) is 0 Å². The maximum absolute atomic E-state index is 13.0. The predicted molar refractivity (Wildman–Crippen MR) is 89.2 cm³/mol. The molecule has 1 N–H and O–H groups in total. The van der Waals surface area contributed by atoms with E-state index in [9.17, 15) is 9.59 Å². The maximum atomic E-state index is 13.0. The highest BCUT2D eigenvalue weighted by molar-refractivity contribution is 5.96. The Hall–Kier alpha value is -2.17. The molecule has 5 nitrogen and oxygen atoms in total. The lowest BCUT2D eigenvalue weighted by atomic mass is 9.61. The van der Waals surface area contributed by atoms with Gasteiger partial charge < -0.3 is 9.47 Å². The molecule has 0 bridgehead atoms. The number of esters is 1. The summed E-state index contributed by atoms with van der Waals surface area (Å²) in [4.78, 5) is 24.9. The average Bonchev–Trinajstić information content (AvgIpc) is 2.52. The van der Waals surface area contributed by atoms with Gasteiger partial charge in [-0.2, -0.15) is 0 Å². The second-order valence-corrected chi connectivity index (χ2v) is 5.88. The Morgan fingerprint density at radius 3 is 2.57 bits per heavy atom. The van der Waals surface area contributed by atoms with Gasteiger partial charge in [-0.3, -0.25) is 15.0 Å². The van der Waals surface area contributed by atoms with Gasteiger partial charge in [0.25, 0.3) is 0 Å². The first-order valence-electron chi connectivity index (χ1n) is 7.56. The molecule has 5 heteroatoms. The van der Waals surface area contributed by atoms with E-state index in [0.29, 0.717) is 18.4 Å². The van der Waals surface area contributed by atoms with Crippen LogP contribution in [0.3, 0.4) is 0 Å². The molecule has 2 atom stereocenters. The van der Waals surface area contributed by atoms with Crippen LogP contribution in [0.2, 0.25) is 0 Å². The summed E-state index contributed by atoms with van der Waals surface area (Å²) in [7, 11) is 2.72. The molecule has 0 aliphatic heterocycles. The Labute approximate surface area is 137 Å². The topological polar surface area (TPSA) is 76.5 Å². The van der Waals surface area contributed by atoms with Gasteiger partial charge in [0, 0.05) is 5.92 Å². The number of hydrogen-bond donors (Lipinski definition) is 1. The standard InChI is InChI=1S/C18H25NO4/c1-6-14(7-8-15(19)22-4)18(11-16(20)23-5)10-12(2)9-13(3)17(18)21/h6-8,13,19H,2,9-11H2,1,3-5H3/b8-7-,14-6-,19-15?/t13-,18+/m1/s1. The molecule has 126 valence electrons. The van der Waals surface area contributed by atoms with E-state index in [1.165, 1.54) is 20.3 Å². The van der Waals surface area contributed by atoms with Crippen LogP contribution in [0.15, 0.2) is 36.0 Å². The summed E-state index contributed by atoms with van der Waals surface area (Å²) in [6.07, 6.45) is 5.95. The van der Waals surface area contributed by atoms with Crippen LogP contribution >= 0.6 is 0 Å². The molecule has 1 saturated carbocycles. The third-order valence-corrected chi connectivity index (χ3v) is 4.24. The number of Topliss-reactive ketones (excluding diaryl/α,β-unsaturated/α-hetero) is 1. The number of nitrogens with one attached hydrogen (secondary N) is 1. The molecule has 23 heavy (non-hydrogen) atoms. The highest BCUT2D eigenvalue weighted by Gasteiger charge is 2.47. The van der Waals surface area contributed by atoms with Crippen molar-refractivity contribution >= 4 is 17.7 Å². The van der Waals surface area contributed by atoms with Crippen molar-refractivity contribution < 1.29 is 19.1 Å². The van der Waals surface area contributed by atoms with Crippen LogP contribution in [-0.2, 0) is 19.1 Å². The molecule has 1 fully saturated rings. The number of carbonyl (C=O) groups is 2. The second-order valence-electron chi connectivity index (χ2n) is 5.88. The number of methoxy groups -OCH3 is 2. The molecule has 0 spiro atoms. The minimum Gasteiger partial charge on any atom is -0.481 e. The van der Waals surface area contributed by atoms with E-state index in [-0.39, 0.29) is 24.0 Å². The third kappa shape index (κ3) is 4.18. The third-order valence-electron chi connectivity index (χ3n) is 4.24. The Balaban J connectivity index is 3.35. The van der Waals surface area contributed by atoms with Crippen LogP contribution in [0, 0.1) is 16.7 Å². The monoisotopic (exact) mass is 319 g/mol. The van der Waals surface area contributed by atoms with Crippen LogP contribution < -0.4 is 0 Å². The first-order chi connectivity index (χ1) is 10.8. The maximum Gasteiger partial charge on any atom is 0.306 e. The normalized spacial score (nSPS) is 25.6. The average molecular weight is 319 g/mol. The summed E-state index contributed by atoms with van der Waals surface area (Å²) in [5.74, 6) is -0.648. The minimum atomic E-state index is -0.985. The van der Waals surface area contributed by atoms with Crippen molar-refractivity contribution in [3.63, 3.8) is 0 Å². The van der Waals surface area contributed by atoms with Crippen LogP contribution in [0.4, 0.5) is 0 Å². The van der Waals surface area contributed by atoms with Gasteiger partial charge in [0.15, 0.2) is 0 Å². The fraction of sp³-hybridized carbons (Fsp3) is 0.500. The van der Waals surface area contributed by atoms with Gasteiger partial charge >= 0.3 is 5.97 Å². The van der Waals surface area contributed by atoms with E-state index >= 15 is 0 Å². The molecule has 1 rings (SSSR count). The Morgan fingerprint density at radius 2 is 2.04 bits per heavy atom. The van der Waals surface area contributed by atoms with Gasteiger partial charge in [-0.25, -0.2) is 0 Å². The largest absolute Gasteiger partial charge is 0.481 e. The van der Waals surface area contributed by atoms with Gasteiger partial charge in [0.1, 0.15) is 5.78 Å². The summed E-state index contributed by atoms with van der Waals surface area (Å²) >= 11 is 0. The summed E-state index contributed by atoms with van der Waals surface area (Å²) in [6.45, 7) is 7.70. The number of carbonyl (C=O) groups excluding carboxylic acids is 2. The summed E-state index contributed by atoms with van der Waals surface area (Å²) < 4.78 is 9.61. The van der Waals surface area contributed by atoms with Gasteiger partial charge in [0.05, 0.1) is 26.1 Å². The molecule has 0 aromatic heterocycles. The first kappa shape index (κ1) is 18.9. The summed E-state index contributed by atoms with van der Waals surface area (Å²) in [5.41, 5.74) is 0.638. The Morgan fingerprint density at radius 1 is 1.39 bits per heavy atom.